The molecule has 0 spiro atoms. The molecule has 1 saturated heterocycles. The fourth-order valence-corrected chi connectivity index (χ4v) is 3.62. The summed E-state index contributed by atoms with van der Waals surface area (Å²) in [4.78, 5) is 21.3. The van der Waals surface area contributed by atoms with Crippen LogP contribution in [0.4, 0.5) is 0 Å². The van der Waals surface area contributed by atoms with E-state index in [0.717, 1.165) is 51.0 Å². The second kappa shape index (κ2) is 7.76. The maximum atomic E-state index is 12.4. The molecule has 1 amide bonds. The molecule has 1 aromatic carbocycles. The van der Waals surface area contributed by atoms with E-state index in [1.807, 2.05) is 29.2 Å². The first-order valence-electron chi connectivity index (χ1n) is 9.29. The number of carbonyl (C=O) groups excluding carboxylic acids is 1. The van der Waals surface area contributed by atoms with Crippen molar-refractivity contribution in [1.29, 1.82) is 0 Å². The van der Waals surface area contributed by atoms with Crippen LogP contribution in [-0.4, -0.2) is 52.0 Å². The van der Waals surface area contributed by atoms with Crippen molar-refractivity contribution in [3.63, 3.8) is 0 Å². The number of amides is 1. The molecule has 0 N–H and O–H groups in total. The standard InChI is InChI=1S/C19H23ClN4O2/c20-16-7-5-14(6-8-16)18-21-17(26-22-18)13-23-9-2-10-24(12-11-23)19(25)15-3-1-4-15/h5-8,15H,1-4,9-13H2. The summed E-state index contributed by atoms with van der Waals surface area (Å²) < 4.78 is 5.42. The predicted molar refractivity (Wildman–Crippen MR) is 98.6 cm³/mol. The van der Waals surface area contributed by atoms with Crippen LogP contribution in [0.25, 0.3) is 11.4 Å². The predicted octanol–water partition coefficient (Wildman–Crippen LogP) is 3.22. The van der Waals surface area contributed by atoms with E-state index in [-0.39, 0.29) is 5.92 Å². The van der Waals surface area contributed by atoms with Crippen LogP contribution < -0.4 is 0 Å². The third-order valence-electron chi connectivity index (χ3n) is 5.28. The SMILES string of the molecule is O=C(C1CCC1)N1CCCN(Cc2nc(-c3ccc(Cl)cc3)no2)CC1. The van der Waals surface area contributed by atoms with Gasteiger partial charge in [0.05, 0.1) is 6.54 Å². The summed E-state index contributed by atoms with van der Waals surface area (Å²) in [6.45, 7) is 4.04. The molecule has 2 fully saturated rings. The number of rotatable bonds is 4. The van der Waals surface area contributed by atoms with Crippen LogP contribution in [0.15, 0.2) is 28.8 Å². The first kappa shape index (κ1) is 17.5. The van der Waals surface area contributed by atoms with E-state index >= 15 is 0 Å². The molecule has 138 valence electrons. The van der Waals surface area contributed by atoms with Gasteiger partial charge in [0.2, 0.25) is 17.6 Å². The lowest BCUT2D eigenvalue weighted by atomic mass is 9.84. The second-order valence-electron chi connectivity index (χ2n) is 7.10. The zero-order chi connectivity index (χ0) is 17.9. The van der Waals surface area contributed by atoms with Gasteiger partial charge >= 0.3 is 0 Å². The van der Waals surface area contributed by atoms with Crippen LogP contribution in [0.5, 0.6) is 0 Å². The second-order valence-corrected chi connectivity index (χ2v) is 7.54. The lowest BCUT2D eigenvalue weighted by Gasteiger charge is -2.31. The Morgan fingerprint density at radius 2 is 1.92 bits per heavy atom. The smallest absolute Gasteiger partial charge is 0.241 e. The van der Waals surface area contributed by atoms with Crippen LogP contribution >= 0.6 is 11.6 Å². The number of benzene rings is 1. The van der Waals surface area contributed by atoms with E-state index in [9.17, 15) is 4.79 Å². The molecule has 0 radical (unpaired) electrons. The summed E-state index contributed by atoms with van der Waals surface area (Å²) in [5.74, 6) is 1.81. The van der Waals surface area contributed by atoms with Crippen LogP contribution in [0.1, 0.15) is 31.6 Å². The highest BCUT2D eigenvalue weighted by Gasteiger charge is 2.30. The lowest BCUT2D eigenvalue weighted by molar-refractivity contribution is -0.138. The van der Waals surface area contributed by atoms with Crippen LogP contribution in [0.3, 0.4) is 0 Å². The zero-order valence-corrected chi connectivity index (χ0v) is 15.5. The van der Waals surface area contributed by atoms with E-state index in [1.165, 1.54) is 6.42 Å². The highest BCUT2D eigenvalue weighted by atomic mass is 35.5. The summed E-state index contributed by atoms with van der Waals surface area (Å²) >= 11 is 5.92. The van der Waals surface area contributed by atoms with Crippen molar-refractivity contribution in [2.45, 2.75) is 32.2 Å². The van der Waals surface area contributed by atoms with Gasteiger partial charge in [-0.15, -0.1) is 0 Å². The van der Waals surface area contributed by atoms with E-state index in [0.29, 0.717) is 29.2 Å². The van der Waals surface area contributed by atoms with Crippen molar-refractivity contribution in [3.8, 4) is 11.4 Å². The summed E-state index contributed by atoms with van der Waals surface area (Å²) in [5.41, 5.74) is 0.887. The van der Waals surface area contributed by atoms with E-state index < -0.39 is 0 Å². The number of halogens is 1. The highest BCUT2D eigenvalue weighted by molar-refractivity contribution is 6.30. The third-order valence-corrected chi connectivity index (χ3v) is 5.54. The summed E-state index contributed by atoms with van der Waals surface area (Å²) in [7, 11) is 0. The van der Waals surface area contributed by atoms with Gasteiger partial charge in [0.25, 0.3) is 0 Å². The molecule has 1 aliphatic heterocycles. The number of hydrogen-bond donors (Lipinski definition) is 0. The molecule has 1 aromatic heterocycles. The Morgan fingerprint density at radius 3 is 2.65 bits per heavy atom. The highest BCUT2D eigenvalue weighted by Crippen LogP contribution is 2.28. The van der Waals surface area contributed by atoms with Gasteiger partial charge in [-0.25, -0.2) is 0 Å². The summed E-state index contributed by atoms with van der Waals surface area (Å²) in [5, 5.41) is 4.75. The molecule has 2 aliphatic rings. The normalized spacial score (nSPS) is 19.2. The minimum atomic E-state index is 0.277. The molecule has 2 heterocycles. The van der Waals surface area contributed by atoms with Gasteiger partial charge in [-0.2, -0.15) is 4.98 Å². The van der Waals surface area contributed by atoms with Crippen molar-refractivity contribution in [2.75, 3.05) is 26.2 Å². The zero-order valence-electron chi connectivity index (χ0n) is 14.7. The molecule has 0 atom stereocenters. The minimum absolute atomic E-state index is 0.277. The Morgan fingerprint density at radius 1 is 1.12 bits per heavy atom. The quantitative estimate of drug-likeness (QED) is 0.822. The molecular formula is C19H23ClN4O2. The molecule has 0 bridgehead atoms. The summed E-state index contributed by atoms with van der Waals surface area (Å²) in [6, 6.07) is 7.39. The van der Waals surface area contributed by atoms with Crippen molar-refractivity contribution < 1.29 is 9.32 Å². The Labute approximate surface area is 158 Å². The van der Waals surface area contributed by atoms with Crippen LogP contribution in [-0.2, 0) is 11.3 Å². The van der Waals surface area contributed by atoms with Gasteiger partial charge in [-0.05, 0) is 43.5 Å². The van der Waals surface area contributed by atoms with Gasteiger partial charge in [0.15, 0.2) is 0 Å². The van der Waals surface area contributed by atoms with Crippen molar-refractivity contribution in [3.05, 3.63) is 35.2 Å². The average molecular weight is 375 g/mol. The number of nitrogens with zero attached hydrogens (tertiary/aromatic N) is 4. The fourth-order valence-electron chi connectivity index (χ4n) is 3.49. The van der Waals surface area contributed by atoms with Crippen molar-refractivity contribution >= 4 is 17.5 Å². The van der Waals surface area contributed by atoms with Crippen LogP contribution in [0.2, 0.25) is 5.02 Å². The van der Waals surface area contributed by atoms with Crippen molar-refractivity contribution in [2.24, 2.45) is 5.92 Å². The topological polar surface area (TPSA) is 62.5 Å². The number of carbonyl (C=O) groups is 1. The van der Waals surface area contributed by atoms with Crippen molar-refractivity contribution in [1.82, 2.24) is 19.9 Å². The Bertz CT molecular complexity index is 757. The molecular weight excluding hydrogens is 352 g/mol. The summed E-state index contributed by atoms with van der Waals surface area (Å²) in [6.07, 6.45) is 4.31. The molecule has 26 heavy (non-hydrogen) atoms. The Kier molecular flexibility index (Phi) is 5.22. The molecule has 0 unspecified atom stereocenters. The molecule has 1 saturated carbocycles. The molecule has 4 rings (SSSR count). The van der Waals surface area contributed by atoms with Crippen LogP contribution in [0, 0.1) is 5.92 Å². The Balaban J connectivity index is 1.34. The maximum Gasteiger partial charge on any atom is 0.241 e. The van der Waals surface area contributed by atoms with E-state index in [1.54, 1.807) is 0 Å². The van der Waals surface area contributed by atoms with Gasteiger partial charge in [0.1, 0.15) is 0 Å². The van der Waals surface area contributed by atoms with Gasteiger partial charge in [0, 0.05) is 42.7 Å². The lowest BCUT2D eigenvalue weighted by Crippen LogP contribution is -2.41. The monoisotopic (exact) mass is 374 g/mol. The van der Waals surface area contributed by atoms with Gasteiger partial charge in [-0.1, -0.05) is 23.2 Å². The minimum Gasteiger partial charge on any atom is -0.341 e. The van der Waals surface area contributed by atoms with E-state index in [2.05, 4.69) is 15.0 Å². The number of aromatic nitrogens is 2. The largest absolute Gasteiger partial charge is 0.341 e. The van der Waals surface area contributed by atoms with Gasteiger partial charge in [-0.3, -0.25) is 9.69 Å². The molecule has 7 heteroatoms. The molecule has 6 nitrogen and oxygen atoms in total. The third kappa shape index (κ3) is 3.91. The first-order chi connectivity index (χ1) is 12.7. The van der Waals surface area contributed by atoms with Gasteiger partial charge < -0.3 is 9.42 Å². The van der Waals surface area contributed by atoms with E-state index in [4.69, 9.17) is 16.1 Å². The molecule has 2 aromatic rings. The molecule has 1 aliphatic carbocycles. The fraction of sp³-hybridized carbons (Fsp3) is 0.526. The first-order valence-corrected chi connectivity index (χ1v) is 9.66. The number of hydrogen-bond acceptors (Lipinski definition) is 5. The average Bonchev–Trinajstić information content (AvgIpc) is 2.92. The Hall–Kier alpha value is -1.92. The maximum absolute atomic E-state index is 12.4.